The molecule has 0 aromatic heterocycles. The maximum atomic E-state index is 11.6. The number of carbonyl (C=O) groups is 1. The molecule has 1 rings (SSSR count). The van der Waals surface area contributed by atoms with Gasteiger partial charge in [0.05, 0.1) is 6.54 Å². The summed E-state index contributed by atoms with van der Waals surface area (Å²) in [4.78, 5) is 11.6. The average Bonchev–Trinajstić information content (AvgIpc) is 2.54. The Bertz CT molecular complexity index is 208. The fourth-order valence-corrected chi connectivity index (χ4v) is 2.28. The van der Waals surface area contributed by atoms with Crippen molar-refractivity contribution in [3.63, 3.8) is 0 Å². The smallest absolute Gasteiger partial charge is 0.233 e. The van der Waals surface area contributed by atoms with Gasteiger partial charge < -0.3 is 10.6 Å². The molecule has 100 valence electrons. The highest BCUT2D eigenvalue weighted by atomic mass is 16.1. The molecular weight excluding hydrogens is 212 g/mol. The van der Waals surface area contributed by atoms with Crippen LogP contribution in [0.25, 0.3) is 0 Å². The first-order valence-electron chi connectivity index (χ1n) is 7.18. The van der Waals surface area contributed by atoms with Crippen molar-refractivity contribution >= 4 is 5.91 Å². The molecule has 0 bridgehead atoms. The lowest BCUT2D eigenvalue weighted by Crippen LogP contribution is -2.39. The van der Waals surface area contributed by atoms with E-state index in [2.05, 4.69) is 24.5 Å². The standard InChI is InChI=1S/C14H28N2O/c1-12(2)9-10-15-14(17)11-16-13-7-5-3-4-6-8-13/h12-13,16H,3-11H2,1-2H3,(H,15,17). The van der Waals surface area contributed by atoms with Crippen molar-refractivity contribution in [3.8, 4) is 0 Å². The minimum absolute atomic E-state index is 0.148. The predicted octanol–water partition coefficient (Wildman–Crippen LogP) is 2.46. The van der Waals surface area contributed by atoms with E-state index in [4.69, 9.17) is 0 Å². The average molecular weight is 240 g/mol. The summed E-state index contributed by atoms with van der Waals surface area (Å²) >= 11 is 0. The van der Waals surface area contributed by atoms with Crippen LogP contribution in [0.2, 0.25) is 0 Å². The molecule has 0 atom stereocenters. The van der Waals surface area contributed by atoms with Gasteiger partial charge in [-0.1, -0.05) is 39.5 Å². The molecule has 0 radical (unpaired) electrons. The number of hydrogen-bond donors (Lipinski definition) is 2. The van der Waals surface area contributed by atoms with E-state index in [9.17, 15) is 4.79 Å². The van der Waals surface area contributed by atoms with Crippen molar-refractivity contribution in [3.05, 3.63) is 0 Å². The topological polar surface area (TPSA) is 41.1 Å². The molecule has 0 spiro atoms. The van der Waals surface area contributed by atoms with E-state index in [0.29, 0.717) is 18.5 Å². The first-order valence-corrected chi connectivity index (χ1v) is 7.18. The molecule has 1 fully saturated rings. The number of hydrogen-bond acceptors (Lipinski definition) is 2. The summed E-state index contributed by atoms with van der Waals surface area (Å²) in [7, 11) is 0. The second kappa shape index (κ2) is 8.51. The molecule has 0 aliphatic heterocycles. The second-order valence-electron chi connectivity index (χ2n) is 5.60. The lowest BCUT2D eigenvalue weighted by molar-refractivity contribution is -0.120. The molecule has 3 heteroatoms. The first-order chi connectivity index (χ1) is 8.18. The molecular formula is C14H28N2O. The Labute approximate surface area is 106 Å². The SMILES string of the molecule is CC(C)CCNC(=O)CNC1CCCCCC1. The Balaban J connectivity index is 2.05. The largest absolute Gasteiger partial charge is 0.355 e. The molecule has 0 saturated heterocycles. The Kier molecular flexibility index (Phi) is 7.25. The lowest BCUT2D eigenvalue weighted by Gasteiger charge is -2.16. The summed E-state index contributed by atoms with van der Waals surface area (Å²) in [6, 6.07) is 0.563. The highest BCUT2D eigenvalue weighted by molar-refractivity contribution is 5.77. The van der Waals surface area contributed by atoms with Gasteiger partial charge in [-0.2, -0.15) is 0 Å². The van der Waals surface area contributed by atoms with Crippen LogP contribution >= 0.6 is 0 Å². The highest BCUT2D eigenvalue weighted by Crippen LogP contribution is 2.16. The summed E-state index contributed by atoms with van der Waals surface area (Å²) in [5, 5.41) is 6.36. The molecule has 0 aromatic rings. The lowest BCUT2D eigenvalue weighted by atomic mass is 10.1. The molecule has 1 aliphatic rings. The van der Waals surface area contributed by atoms with Crippen molar-refractivity contribution in [1.29, 1.82) is 0 Å². The molecule has 3 nitrogen and oxygen atoms in total. The van der Waals surface area contributed by atoms with Crippen LogP contribution in [0.4, 0.5) is 0 Å². The van der Waals surface area contributed by atoms with Crippen molar-refractivity contribution in [1.82, 2.24) is 10.6 Å². The summed E-state index contributed by atoms with van der Waals surface area (Å²) in [5.74, 6) is 0.806. The molecule has 1 saturated carbocycles. The zero-order valence-corrected chi connectivity index (χ0v) is 11.4. The second-order valence-corrected chi connectivity index (χ2v) is 5.60. The number of rotatable bonds is 6. The Morgan fingerprint density at radius 3 is 2.41 bits per heavy atom. The molecule has 0 heterocycles. The minimum Gasteiger partial charge on any atom is -0.355 e. The van der Waals surface area contributed by atoms with E-state index in [-0.39, 0.29) is 5.91 Å². The van der Waals surface area contributed by atoms with Gasteiger partial charge in [-0.25, -0.2) is 0 Å². The number of nitrogens with one attached hydrogen (secondary N) is 2. The maximum Gasteiger partial charge on any atom is 0.233 e. The van der Waals surface area contributed by atoms with Gasteiger partial charge in [-0.15, -0.1) is 0 Å². The molecule has 0 aromatic carbocycles. The number of amides is 1. The van der Waals surface area contributed by atoms with Crippen LogP contribution < -0.4 is 10.6 Å². The monoisotopic (exact) mass is 240 g/mol. The van der Waals surface area contributed by atoms with Gasteiger partial charge in [0.2, 0.25) is 5.91 Å². The van der Waals surface area contributed by atoms with Gasteiger partial charge in [0.1, 0.15) is 0 Å². The van der Waals surface area contributed by atoms with Crippen LogP contribution in [-0.4, -0.2) is 25.0 Å². The third-order valence-electron chi connectivity index (χ3n) is 3.45. The summed E-state index contributed by atoms with van der Waals surface area (Å²) < 4.78 is 0. The van der Waals surface area contributed by atoms with Crippen LogP contribution in [0.15, 0.2) is 0 Å². The fraction of sp³-hybridized carbons (Fsp3) is 0.929. The Hall–Kier alpha value is -0.570. The zero-order chi connectivity index (χ0) is 12.5. The normalized spacial score (nSPS) is 18.1. The van der Waals surface area contributed by atoms with E-state index in [0.717, 1.165) is 13.0 Å². The van der Waals surface area contributed by atoms with E-state index < -0.39 is 0 Å². The highest BCUT2D eigenvalue weighted by Gasteiger charge is 2.12. The van der Waals surface area contributed by atoms with Crippen LogP contribution in [0, 0.1) is 5.92 Å². The van der Waals surface area contributed by atoms with Crippen LogP contribution in [0.5, 0.6) is 0 Å². The quantitative estimate of drug-likeness (QED) is 0.700. The van der Waals surface area contributed by atoms with E-state index in [1.807, 2.05) is 0 Å². The van der Waals surface area contributed by atoms with Gasteiger partial charge in [0, 0.05) is 12.6 Å². The molecule has 17 heavy (non-hydrogen) atoms. The van der Waals surface area contributed by atoms with Crippen LogP contribution in [0.3, 0.4) is 0 Å². The van der Waals surface area contributed by atoms with Gasteiger partial charge in [-0.05, 0) is 25.2 Å². The van der Waals surface area contributed by atoms with Crippen molar-refractivity contribution in [2.24, 2.45) is 5.92 Å². The third-order valence-corrected chi connectivity index (χ3v) is 3.45. The van der Waals surface area contributed by atoms with Crippen LogP contribution in [0.1, 0.15) is 58.8 Å². The van der Waals surface area contributed by atoms with Gasteiger partial charge in [-0.3, -0.25) is 4.79 Å². The van der Waals surface area contributed by atoms with E-state index in [1.165, 1.54) is 38.5 Å². The van der Waals surface area contributed by atoms with Crippen molar-refractivity contribution in [2.75, 3.05) is 13.1 Å². The molecule has 0 unspecified atom stereocenters. The van der Waals surface area contributed by atoms with E-state index in [1.54, 1.807) is 0 Å². The molecule has 2 N–H and O–H groups in total. The molecule has 1 aliphatic carbocycles. The van der Waals surface area contributed by atoms with Crippen molar-refractivity contribution < 1.29 is 4.79 Å². The van der Waals surface area contributed by atoms with Gasteiger partial charge in [0.15, 0.2) is 0 Å². The molecule has 1 amide bonds. The maximum absolute atomic E-state index is 11.6. The number of carbonyl (C=O) groups excluding carboxylic acids is 1. The minimum atomic E-state index is 0.148. The van der Waals surface area contributed by atoms with Gasteiger partial charge in [0.25, 0.3) is 0 Å². The summed E-state index contributed by atoms with van der Waals surface area (Å²) in [6.45, 7) is 5.65. The Morgan fingerprint density at radius 1 is 1.18 bits per heavy atom. The van der Waals surface area contributed by atoms with E-state index >= 15 is 0 Å². The van der Waals surface area contributed by atoms with Crippen LogP contribution in [-0.2, 0) is 4.79 Å². The van der Waals surface area contributed by atoms with Gasteiger partial charge >= 0.3 is 0 Å². The predicted molar refractivity (Wildman–Crippen MR) is 72.0 cm³/mol. The fourth-order valence-electron chi connectivity index (χ4n) is 2.28. The van der Waals surface area contributed by atoms with Crippen molar-refractivity contribution in [2.45, 2.75) is 64.8 Å². The third kappa shape index (κ3) is 7.37. The summed E-state index contributed by atoms with van der Waals surface area (Å²) in [6.07, 6.45) is 8.88. The zero-order valence-electron chi connectivity index (χ0n) is 11.4. The first kappa shape index (κ1) is 14.5. The summed E-state index contributed by atoms with van der Waals surface area (Å²) in [5.41, 5.74) is 0. The Morgan fingerprint density at radius 2 is 1.82 bits per heavy atom.